The van der Waals surface area contributed by atoms with Crippen molar-refractivity contribution in [1.29, 1.82) is 0 Å². The van der Waals surface area contributed by atoms with Crippen LogP contribution >= 0.6 is 0 Å². The summed E-state index contributed by atoms with van der Waals surface area (Å²) < 4.78 is 45.4. The maximum Gasteiger partial charge on any atom is 0.201 e. The molecular formula is C14H12F3NO. The predicted molar refractivity (Wildman–Crippen MR) is 65.4 cm³/mol. The molecule has 2 aromatic carbocycles. The number of hydrogen-bond donors (Lipinski definition) is 1. The summed E-state index contributed by atoms with van der Waals surface area (Å²) in [5.74, 6) is -2.95. The fourth-order valence-electron chi connectivity index (χ4n) is 1.73. The van der Waals surface area contributed by atoms with Crippen molar-refractivity contribution in [3.8, 4) is 11.5 Å². The second kappa shape index (κ2) is 5.32. The van der Waals surface area contributed by atoms with Crippen LogP contribution in [0.2, 0.25) is 0 Å². The minimum absolute atomic E-state index is 0.0690. The third kappa shape index (κ3) is 2.71. The number of benzene rings is 2. The first-order valence-electron chi connectivity index (χ1n) is 5.66. The monoisotopic (exact) mass is 267 g/mol. The largest absolute Gasteiger partial charge is 0.454 e. The molecule has 1 unspecified atom stereocenters. The van der Waals surface area contributed by atoms with Crippen molar-refractivity contribution < 1.29 is 17.9 Å². The van der Waals surface area contributed by atoms with Crippen LogP contribution < -0.4 is 10.5 Å². The molecule has 0 spiro atoms. The first-order chi connectivity index (χ1) is 9.00. The van der Waals surface area contributed by atoms with Crippen molar-refractivity contribution in [3.63, 3.8) is 0 Å². The summed E-state index contributed by atoms with van der Waals surface area (Å²) in [5, 5.41) is 0. The van der Waals surface area contributed by atoms with E-state index in [9.17, 15) is 13.2 Å². The maximum absolute atomic E-state index is 13.7. The molecule has 0 bridgehead atoms. The number of ether oxygens (including phenoxy) is 1. The van der Waals surface area contributed by atoms with Gasteiger partial charge in [0.1, 0.15) is 11.6 Å². The fourth-order valence-corrected chi connectivity index (χ4v) is 1.73. The van der Waals surface area contributed by atoms with Crippen LogP contribution in [0.3, 0.4) is 0 Å². The summed E-state index contributed by atoms with van der Waals surface area (Å²) >= 11 is 0. The molecule has 0 aliphatic carbocycles. The number of nitrogens with two attached hydrogens (primary N) is 1. The van der Waals surface area contributed by atoms with E-state index in [1.54, 1.807) is 6.92 Å². The van der Waals surface area contributed by atoms with Gasteiger partial charge in [0.25, 0.3) is 0 Å². The molecule has 0 fully saturated rings. The lowest BCUT2D eigenvalue weighted by atomic mass is 10.1. The predicted octanol–water partition coefficient (Wildman–Crippen LogP) is 3.92. The van der Waals surface area contributed by atoms with E-state index in [1.165, 1.54) is 30.3 Å². The summed E-state index contributed by atoms with van der Waals surface area (Å²) in [7, 11) is 0. The molecule has 0 saturated heterocycles. The van der Waals surface area contributed by atoms with E-state index in [-0.39, 0.29) is 17.1 Å². The molecule has 0 saturated carbocycles. The van der Waals surface area contributed by atoms with E-state index < -0.39 is 23.5 Å². The number of rotatable bonds is 3. The Morgan fingerprint density at radius 2 is 1.53 bits per heavy atom. The highest BCUT2D eigenvalue weighted by Gasteiger charge is 2.16. The van der Waals surface area contributed by atoms with E-state index >= 15 is 0 Å². The Hall–Kier alpha value is -2.01. The van der Waals surface area contributed by atoms with Crippen LogP contribution in [0.5, 0.6) is 11.5 Å². The first-order valence-corrected chi connectivity index (χ1v) is 5.66. The molecule has 19 heavy (non-hydrogen) atoms. The van der Waals surface area contributed by atoms with E-state index in [0.29, 0.717) is 0 Å². The first kappa shape index (κ1) is 13.4. The third-order valence-electron chi connectivity index (χ3n) is 2.60. The minimum atomic E-state index is -1.12. The highest BCUT2D eigenvalue weighted by molar-refractivity contribution is 5.40. The molecule has 0 aromatic heterocycles. The molecule has 0 aliphatic rings. The van der Waals surface area contributed by atoms with Crippen LogP contribution in [0.1, 0.15) is 18.5 Å². The second-order valence-corrected chi connectivity index (χ2v) is 4.09. The average Bonchev–Trinajstić information content (AvgIpc) is 2.34. The lowest BCUT2D eigenvalue weighted by Gasteiger charge is -2.14. The lowest BCUT2D eigenvalue weighted by Crippen LogP contribution is -2.09. The van der Waals surface area contributed by atoms with Crippen molar-refractivity contribution in [1.82, 2.24) is 0 Å². The van der Waals surface area contributed by atoms with Crippen LogP contribution in [-0.4, -0.2) is 0 Å². The Morgan fingerprint density at radius 1 is 0.947 bits per heavy atom. The molecule has 2 aromatic rings. The van der Waals surface area contributed by atoms with Gasteiger partial charge in [0.2, 0.25) is 5.82 Å². The van der Waals surface area contributed by atoms with Gasteiger partial charge < -0.3 is 10.5 Å². The van der Waals surface area contributed by atoms with Crippen molar-refractivity contribution in [3.05, 3.63) is 59.4 Å². The quantitative estimate of drug-likeness (QED) is 0.914. The normalized spacial score (nSPS) is 12.3. The van der Waals surface area contributed by atoms with Gasteiger partial charge in [0, 0.05) is 11.6 Å². The van der Waals surface area contributed by atoms with Gasteiger partial charge in [0.15, 0.2) is 11.6 Å². The Balaban J connectivity index is 2.44. The SMILES string of the molecule is CC(N)c1c(F)cccc1Oc1cccc(F)c1F. The van der Waals surface area contributed by atoms with Crippen molar-refractivity contribution in [2.45, 2.75) is 13.0 Å². The molecule has 2 rings (SSSR count). The number of hydrogen-bond acceptors (Lipinski definition) is 2. The second-order valence-electron chi connectivity index (χ2n) is 4.09. The summed E-state index contributed by atoms with van der Waals surface area (Å²) in [6.07, 6.45) is 0. The third-order valence-corrected chi connectivity index (χ3v) is 2.60. The molecule has 2 N–H and O–H groups in total. The molecule has 100 valence electrons. The van der Waals surface area contributed by atoms with Crippen LogP contribution in [-0.2, 0) is 0 Å². The molecule has 2 nitrogen and oxygen atoms in total. The van der Waals surface area contributed by atoms with Crippen molar-refractivity contribution in [2.24, 2.45) is 5.73 Å². The molecular weight excluding hydrogens is 255 g/mol. The standard InChI is InChI=1S/C14H12F3NO/c1-8(18)13-9(15)4-2-6-11(13)19-12-7-3-5-10(16)14(12)17/h2-8H,18H2,1H3. The van der Waals surface area contributed by atoms with Crippen molar-refractivity contribution in [2.75, 3.05) is 0 Å². The van der Waals surface area contributed by atoms with Gasteiger partial charge in [-0.3, -0.25) is 0 Å². The zero-order chi connectivity index (χ0) is 14.0. The summed E-state index contributed by atoms with van der Waals surface area (Å²) in [4.78, 5) is 0. The van der Waals surface area contributed by atoms with Crippen LogP contribution in [0, 0.1) is 17.5 Å². The topological polar surface area (TPSA) is 35.2 Å². The van der Waals surface area contributed by atoms with E-state index in [0.717, 1.165) is 6.07 Å². The van der Waals surface area contributed by atoms with Gasteiger partial charge in [-0.25, -0.2) is 8.78 Å². The van der Waals surface area contributed by atoms with Crippen LogP contribution in [0.15, 0.2) is 36.4 Å². The average molecular weight is 267 g/mol. The Morgan fingerprint density at radius 3 is 2.16 bits per heavy atom. The maximum atomic E-state index is 13.7. The summed E-state index contributed by atoms with van der Waals surface area (Å²) in [5.41, 5.74) is 5.77. The van der Waals surface area contributed by atoms with Gasteiger partial charge in [0.05, 0.1) is 0 Å². The van der Waals surface area contributed by atoms with Gasteiger partial charge in [-0.1, -0.05) is 12.1 Å². The smallest absolute Gasteiger partial charge is 0.201 e. The highest BCUT2D eigenvalue weighted by atomic mass is 19.2. The van der Waals surface area contributed by atoms with Gasteiger partial charge in [-0.05, 0) is 31.2 Å². The molecule has 5 heteroatoms. The summed E-state index contributed by atoms with van der Waals surface area (Å²) in [6, 6.07) is 6.99. The highest BCUT2D eigenvalue weighted by Crippen LogP contribution is 2.32. The lowest BCUT2D eigenvalue weighted by molar-refractivity contribution is 0.407. The Labute approximate surface area is 108 Å². The molecule has 1 atom stereocenters. The fraction of sp³-hybridized carbons (Fsp3) is 0.143. The van der Waals surface area contributed by atoms with Gasteiger partial charge in [-0.15, -0.1) is 0 Å². The van der Waals surface area contributed by atoms with Gasteiger partial charge in [-0.2, -0.15) is 4.39 Å². The van der Waals surface area contributed by atoms with E-state index in [4.69, 9.17) is 10.5 Å². The Bertz CT molecular complexity index is 599. The minimum Gasteiger partial charge on any atom is -0.454 e. The van der Waals surface area contributed by atoms with Crippen LogP contribution in [0.4, 0.5) is 13.2 Å². The number of halogens is 3. The van der Waals surface area contributed by atoms with Gasteiger partial charge >= 0.3 is 0 Å². The molecule has 0 aliphatic heterocycles. The zero-order valence-electron chi connectivity index (χ0n) is 10.2. The van der Waals surface area contributed by atoms with Crippen molar-refractivity contribution >= 4 is 0 Å². The molecule has 0 amide bonds. The summed E-state index contributed by atoms with van der Waals surface area (Å²) in [6.45, 7) is 1.58. The van der Waals surface area contributed by atoms with E-state index in [2.05, 4.69) is 0 Å². The zero-order valence-corrected chi connectivity index (χ0v) is 10.2. The molecule has 0 heterocycles. The van der Waals surface area contributed by atoms with Crippen LogP contribution in [0.25, 0.3) is 0 Å². The molecule has 0 radical (unpaired) electrons. The Kier molecular flexibility index (Phi) is 3.76. The van der Waals surface area contributed by atoms with E-state index in [1.807, 2.05) is 0 Å².